The summed E-state index contributed by atoms with van der Waals surface area (Å²) in [6, 6.07) is 0. The van der Waals surface area contributed by atoms with Crippen molar-refractivity contribution in [2.75, 3.05) is 0 Å². The standard InChI is InChI=1S/C15H29/c1-3-5-7-9-11-13-15-14-12-10-8-6-4-2/h3,9H,1,4-8,10-15H2,2H3. The molecule has 0 spiro atoms. The predicted molar refractivity (Wildman–Crippen MR) is 71.0 cm³/mol. The van der Waals surface area contributed by atoms with E-state index in [-0.39, 0.29) is 0 Å². The molecule has 0 saturated carbocycles. The molecule has 0 amide bonds. The Balaban J connectivity index is 2.83. The highest BCUT2D eigenvalue weighted by atomic mass is 14.0. The Morgan fingerprint density at radius 2 is 1.33 bits per heavy atom. The maximum Gasteiger partial charge on any atom is -0.0351 e. The van der Waals surface area contributed by atoms with Gasteiger partial charge in [-0.05, 0) is 19.3 Å². The molecule has 0 aromatic heterocycles. The number of hydrogen-bond donors (Lipinski definition) is 0. The van der Waals surface area contributed by atoms with E-state index in [9.17, 15) is 0 Å². The summed E-state index contributed by atoms with van der Waals surface area (Å²) >= 11 is 0. The van der Waals surface area contributed by atoms with Crippen molar-refractivity contribution in [2.24, 2.45) is 0 Å². The zero-order chi connectivity index (χ0) is 11.2. The minimum atomic E-state index is 1.15. The lowest BCUT2D eigenvalue weighted by Crippen LogP contribution is -1.82. The Bertz CT molecular complexity index is 115. The zero-order valence-corrected chi connectivity index (χ0v) is 10.6. The topological polar surface area (TPSA) is 0 Å². The maximum atomic E-state index is 3.72. The number of unbranched alkanes of at least 4 members (excludes halogenated alkanes) is 11. The van der Waals surface area contributed by atoms with E-state index in [0.717, 1.165) is 6.42 Å². The number of hydrogen-bond acceptors (Lipinski definition) is 0. The SMILES string of the molecule is C=CCC[CH]CCCCCCCCCC. The average Bonchev–Trinajstić information content (AvgIpc) is 2.26. The molecule has 0 saturated heterocycles. The van der Waals surface area contributed by atoms with E-state index in [0.29, 0.717) is 0 Å². The summed E-state index contributed by atoms with van der Waals surface area (Å²) in [4.78, 5) is 0. The van der Waals surface area contributed by atoms with Gasteiger partial charge in [0.05, 0.1) is 0 Å². The van der Waals surface area contributed by atoms with Crippen LogP contribution in [0.3, 0.4) is 0 Å². The Hall–Kier alpha value is -0.260. The van der Waals surface area contributed by atoms with Gasteiger partial charge in [0.15, 0.2) is 0 Å². The Morgan fingerprint density at radius 3 is 1.93 bits per heavy atom. The van der Waals surface area contributed by atoms with Gasteiger partial charge in [-0.3, -0.25) is 0 Å². The molecule has 0 heteroatoms. The van der Waals surface area contributed by atoms with E-state index in [1.807, 2.05) is 6.08 Å². The van der Waals surface area contributed by atoms with Gasteiger partial charge in [0, 0.05) is 0 Å². The Labute approximate surface area is 97.2 Å². The summed E-state index contributed by atoms with van der Waals surface area (Å²) in [6.07, 6.45) is 19.5. The fourth-order valence-electron chi connectivity index (χ4n) is 1.80. The van der Waals surface area contributed by atoms with Crippen molar-refractivity contribution in [2.45, 2.75) is 77.6 Å². The average molecular weight is 209 g/mol. The Morgan fingerprint density at radius 1 is 0.733 bits per heavy atom. The van der Waals surface area contributed by atoms with E-state index in [1.54, 1.807) is 0 Å². The summed E-state index contributed by atoms with van der Waals surface area (Å²) in [7, 11) is 0. The van der Waals surface area contributed by atoms with Crippen molar-refractivity contribution < 1.29 is 0 Å². The van der Waals surface area contributed by atoms with Gasteiger partial charge in [-0.15, -0.1) is 6.58 Å². The van der Waals surface area contributed by atoms with Crippen LogP contribution in [-0.2, 0) is 0 Å². The van der Waals surface area contributed by atoms with Crippen LogP contribution in [0.2, 0.25) is 0 Å². The zero-order valence-electron chi connectivity index (χ0n) is 10.6. The maximum absolute atomic E-state index is 3.72. The molecule has 0 aromatic rings. The molecule has 0 rings (SSSR count). The molecule has 89 valence electrons. The van der Waals surface area contributed by atoms with Crippen LogP contribution in [0.25, 0.3) is 0 Å². The molecule has 0 bridgehead atoms. The third kappa shape index (κ3) is 13.7. The minimum Gasteiger partial charge on any atom is -0.103 e. The second kappa shape index (κ2) is 13.7. The van der Waals surface area contributed by atoms with Crippen LogP contribution in [-0.4, -0.2) is 0 Å². The molecule has 1 radical (unpaired) electrons. The molecule has 0 fully saturated rings. The van der Waals surface area contributed by atoms with Crippen molar-refractivity contribution in [3.63, 3.8) is 0 Å². The molecule has 0 aliphatic heterocycles. The lowest BCUT2D eigenvalue weighted by atomic mass is 10.1. The van der Waals surface area contributed by atoms with E-state index < -0.39 is 0 Å². The summed E-state index contributed by atoms with van der Waals surface area (Å²) in [5.41, 5.74) is 0. The van der Waals surface area contributed by atoms with Crippen LogP contribution in [0.15, 0.2) is 12.7 Å². The van der Waals surface area contributed by atoms with E-state index in [2.05, 4.69) is 19.9 Å². The monoisotopic (exact) mass is 209 g/mol. The van der Waals surface area contributed by atoms with Crippen molar-refractivity contribution >= 4 is 0 Å². The van der Waals surface area contributed by atoms with Gasteiger partial charge < -0.3 is 0 Å². The van der Waals surface area contributed by atoms with Gasteiger partial charge >= 0.3 is 0 Å². The van der Waals surface area contributed by atoms with Gasteiger partial charge in [-0.2, -0.15) is 0 Å². The molecular formula is C15H29. The van der Waals surface area contributed by atoms with Gasteiger partial charge in [0.2, 0.25) is 0 Å². The fourth-order valence-corrected chi connectivity index (χ4v) is 1.80. The smallest absolute Gasteiger partial charge is 0.0351 e. The highest BCUT2D eigenvalue weighted by molar-refractivity contribution is 4.73. The van der Waals surface area contributed by atoms with Crippen LogP contribution in [0.5, 0.6) is 0 Å². The third-order valence-corrected chi connectivity index (χ3v) is 2.84. The molecule has 0 heterocycles. The van der Waals surface area contributed by atoms with Crippen molar-refractivity contribution in [3.05, 3.63) is 19.1 Å². The number of rotatable bonds is 12. The molecule has 0 aromatic carbocycles. The van der Waals surface area contributed by atoms with Crippen LogP contribution in [0.4, 0.5) is 0 Å². The van der Waals surface area contributed by atoms with Crippen LogP contribution >= 0.6 is 0 Å². The van der Waals surface area contributed by atoms with E-state index >= 15 is 0 Å². The van der Waals surface area contributed by atoms with Gasteiger partial charge in [-0.1, -0.05) is 70.8 Å². The highest BCUT2D eigenvalue weighted by Crippen LogP contribution is 2.11. The molecular weight excluding hydrogens is 180 g/mol. The van der Waals surface area contributed by atoms with Crippen molar-refractivity contribution in [1.29, 1.82) is 0 Å². The fraction of sp³-hybridized carbons (Fsp3) is 0.800. The molecule has 0 atom stereocenters. The van der Waals surface area contributed by atoms with Gasteiger partial charge in [0.25, 0.3) is 0 Å². The molecule has 0 N–H and O–H groups in total. The van der Waals surface area contributed by atoms with Crippen LogP contribution in [0, 0.1) is 6.42 Å². The molecule has 0 aliphatic carbocycles. The summed E-state index contributed by atoms with van der Waals surface area (Å²) in [5, 5.41) is 0. The molecule has 0 nitrogen and oxygen atoms in total. The lowest BCUT2D eigenvalue weighted by molar-refractivity contribution is 0.572. The van der Waals surface area contributed by atoms with Crippen LogP contribution in [0.1, 0.15) is 77.6 Å². The van der Waals surface area contributed by atoms with Gasteiger partial charge in [-0.25, -0.2) is 0 Å². The van der Waals surface area contributed by atoms with Crippen molar-refractivity contribution in [1.82, 2.24) is 0 Å². The molecule has 0 aliphatic rings. The third-order valence-electron chi connectivity index (χ3n) is 2.84. The second-order valence-electron chi connectivity index (χ2n) is 4.42. The normalized spacial score (nSPS) is 10.5. The van der Waals surface area contributed by atoms with E-state index in [1.165, 1.54) is 64.2 Å². The first-order chi connectivity index (χ1) is 7.41. The van der Waals surface area contributed by atoms with Crippen molar-refractivity contribution in [3.8, 4) is 0 Å². The van der Waals surface area contributed by atoms with E-state index in [4.69, 9.17) is 0 Å². The lowest BCUT2D eigenvalue weighted by Gasteiger charge is -2.01. The number of allylic oxidation sites excluding steroid dienone is 1. The predicted octanol–water partition coefficient (Wildman–Crippen LogP) is 5.69. The second-order valence-corrected chi connectivity index (χ2v) is 4.42. The minimum absolute atomic E-state index is 1.15. The molecule has 15 heavy (non-hydrogen) atoms. The quantitative estimate of drug-likeness (QED) is 0.286. The highest BCUT2D eigenvalue weighted by Gasteiger charge is 1.92. The van der Waals surface area contributed by atoms with Gasteiger partial charge in [0.1, 0.15) is 0 Å². The first kappa shape index (κ1) is 14.7. The largest absolute Gasteiger partial charge is 0.103 e. The summed E-state index contributed by atoms with van der Waals surface area (Å²) in [6.45, 7) is 6.00. The van der Waals surface area contributed by atoms with Crippen LogP contribution < -0.4 is 0 Å². The first-order valence-electron chi connectivity index (χ1n) is 6.84. The first-order valence-corrected chi connectivity index (χ1v) is 6.84. The Kier molecular flexibility index (Phi) is 13.5. The molecule has 0 unspecified atom stereocenters. The summed E-state index contributed by atoms with van der Waals surface area (Å²) < 4.78 is 0. The summed E-state index contributed by atoms with van der Waals surface area (Å²) in [5.74, 6) is 0.